The summed E-state index contributed by atoms with van der Waals surface area (Å²) in [6.07, 6.45) is 0.125. The Kier molecular flexibility index (Phi) is 6.49. The molecule has 2 aromatic rings. The first-order chi connectivity index (χ1) is 11.5. The molecule has 5 heteroatoms. The van der Waals surface area contributed by atoms with Gasteiger partial charge in [-0.3, -0.25) is 0 Å². The minimum Gasteiger partial charge on any atom is -0.492 e. The van der Waals surface area contributed by atoms with Gasteiger partial charge >= 0.3 is 6.03 Å². The standard InChI is InChI=1S/C19H24N2O3/c1-14(2)24-17-9-7-16(8-10-17)21-19(22)20-11-12-23-18-6-4-5-15(3)13-18/h4-10,13-14H,11-12H2,1-3H3,(H2,20,21,22). The molecule has 0 heterocycles. The van der Waals surface area contributed by atoms with Crippen molar-refractivity contribution in [2.24, 2.45) is 0 Å². The lowest BCUT2D eigenvalue weighted by Gasteiger charge is -2.11. The summed E-state index contributed by atoms with van der Waals surface area (Å²) in [6, 6.07) is 14.8. The van der Waals surface area contributed by atoms with E-state index in [1.165, 1.54) is 0 Å². The van der Waals surface area contributed by atoms with Gasteiger partial charge < -0.3 is 20.1 Å². The van der Waals surface area contributed by atoms with Crippen LogP contribution >= 0.6 is 0 Å². The van der Waals surface area contributed by atoms with Crippen molar-refractivity contribution in [3.8, 4) is 11.5 Å². The van der Waals surface area contributed by atoms with Crippen LogP contribution in [0.3, 0.4) is 0 Å². The summed E-state index contributed by atoms with van der Waals surface area (Å²) in [5.41, 5.74) is 1.85. The van der Waals surface area contributed by atoms with Crippen LogP contribution in [0.15, 0.2) is 48.5 Å². The Morgan fingerprint density at radius 3 is 2.50 bits per heavy atom. The lowest BCUT2D eigenvalue weighted by Crippen LogP contribution is -2.32. The third kappa shape index (κ3) is 6.20. The first-order valence-electron chi connectivity index (χ1n) is 8.04. The molecule has 0 saturated carbocycles. The second kappa shape index (κ2) is 8.82. The number of amides is 2. The molecule has 0 spiro atoms. The third-order valence-electron chi connectivity index (χ3n) is 3.13. The summed E-state index contributed by atoms with van der Waals surface area (Å²) in [5, 5.41) is 5.53. The van der Waals surface area contributed by atoms with E-state index < -0.39 is 0 Å². The van der Waals surface area contributed by atoms with Gasteiger partial charge in [0.25, 0.3) is 0 Å². The molecule has 0 bridgehead atoms. The molecule has 0 atom stereocenters. The largest absolute Gasteiger partial charge is 0.492 e. The molecule has 0 aliphatic heterocycles. The molecule has 0 fully saturated rings. The Hall–Kier alpha value is -2.69. The molecular weight excluding hydrogens is 304 g/mol. The molecule has 0 aliphatic carbocycles. The normalized spacial score (nSPS) is 10.3. The van der Waals surface area contributed by atoms with Gasteiger partial charge in [0.05, 0.1) is 12.6 Å². The van der Waals surface area contributed by atoms with Crippen molar-refractivity contribution in [3.05, 3.63) is 54.1 Å². The highest BCUT2D eigenvalue weighted by molar-refractivity contribution is 5.89. The molecule has 5 nitrogen and oxygen atoms in total. The Labute approximate surface area is 143 Å². The molecule has 24 heavy (non-hydrogen) atoms. The number of rotatable bonds is 7. The zero-order valence-electron chi connectivity index (χ0n) is 14.3. The van der Waals surface area contributed by atoms with Crippen LogP contribution in [0, 0.1) is 6.92 Å². The minimum absolute atomic E-state index is 0.125. The monoisotopic (exact) mass is 328 g/mol. The van der Waals surface area contributed by atoms with Crippen LogP contribution in [0.4, 0.5) is 10.5 Å². The van der Waals surface area contributed by atoms with Crippen LogP contribution < -0.4 is 20.1 Å². The Morgan fingerprint density at radius 1 is 1.08 bits per heavy atom. The number of benzene rings is 2. The number of hydrogen-bond donors (Lipinski definition) is 2. The highest BCUT2D eigenvalue weighted by atomic mass is 16.5. The van der Waals surface area contributed by atoms with Crippen molar-refractivity contribution in [1.82, 2.24) is 5.32 Å². The van der Waals surface area contributed by atoms with Crippen molar-refractivity contribution in [3.63, 3.8) is 0 Å². The Balaban J connectivity index is 1.69. The number of hydrogen-bond acceptors (Lipinski definition) is 3. The number of nitrogens with one attached hydrogen (secondary N) is 2. The molecule has 2 rings (SSSR count). The van der Waals surface area contributed by atoms with Crippen LogP contribution in [0.25, 0.3) is 0 Å². The highest BCUT2D eigenvalue weighted by Crippen LogP contribution is 2.16. The van der Waals surface area contributed by atoms with Crippen molar-refractivity contribution in [1.29, 1.82) is 0 Å². The van der Waals surface area contributed by atoms with Crippen molar-refractivity contribution in [2.75, 3.05) is 18.5 Å². The van der Waals surface area contributed by atoms with Crippen molar-refractivity contribution < 1.29 is 14.3 Å². The van der Waals surface area contributed by atoms with E-state index in [1.54, 1.807) is 12.1 Å². The van der Waals surface area contributed by atoms with E-state index in [2.05, 4.69) is 10.6 Å². The predicted molar refractivity (Wildman–Crippen MR) is 95.9 cm³/mol. The van der Waals surface area contributed by atoms with Gasteiger partial charge in [-0.05, 0) is 62.7 Å². The average Bonchev–Trinajstić information content (AvgIpc) is 2.53. The highest BCUT2D eigenvalue weighted by Gasteiger charge is 2.03. The van der Waals surface area contributed by atoms with Crippen LogP contribution in [-0.2, 0) is 0 Å². The zero-order valence-corrected chi connectivity index (χ0v) is 14.3. The summed E-state index contributed by atoms with van der Waals surface area (Å²) in [4.78, 5) is 11.8. The van der Waals surface area contributed by atoms with E-state index in [0.29, 0.717) is 18.8 Å². The van der Waals surface area contributed by atoms with Crippen molar-refractivity contribution >= 4 is 11.7 Å². The number of ether oxygens (including phenoxy) is 2. The minimum atomic E-state index is -0.264. The lowest BCUT2D eigenvalue weighted by atomic mass is 10.2. The summed E-state index contributed by atoms with van der Waals surface area (Å²) < 4.78 is 11.1. The molecule has 0 radical (unpaired) electrons. The van der Waals surface area contributed by atoms with Crippen LogP contribution in [0.2, 0.25) is 0 Å². The fourth-order valence-corrected chi connectivity index (χ4v) is 2.10. The first kappa shape index (κ1) is 17.7. The summed E-state index contributed by atoms with van der Waals surface area (Å²) in [7, 11) is 0. The fourth-order valence-electron chi connectivity index (χ4n) is 2.10. The molecule has 0 saturated heterocycles. The van der Waals surface area contributed by atoms with Gasteiger partial charge in [0.15, 0.2) is 0 Å². The van der Waals surface area contributed by atoms with Gasteiger partial charge in [-0.1, -0.05) is 12.1 Å². The van der Waals surface area contributed by atoms with Crippen LogP contribution in [0.5, 0.6) is 11.5 Å². The number of aryl methyl sites for hydroxylation is 1. The average molecular weight is 328 g/mol. The van der Waals surface area contributed by atoms with Gasteiger partial charge in [-0.25, -0.2) is 4.79 Å². The second-order valence-corrected chi connectivity index (χ2v) is 5.74. The van der Waals surface area contributed by atoms with Crippen LogP contribution in [-0.4, -0.2) is 25.3 Å². The first-order valence-corrected chi connectivity index (χ1v) is 8.04. The molecule has 2 amide bonds. The van der Waals surface area contributed by atoms with E-state index in [9.17, 15) is 4.79 Å². The van der Waals surface area contributed by atoms with E-state index in [0.717, 1.165) is 17.1 Å². The van der Waals surface area contributed by atoms with E-state index in [1.807, 2.05) is 57.2 Å². The fraction of sp³-hybridized carbons (Fsp3) is 0.316. The second-order valence-electron chi connectivity index (χ2n) is 5.74. The zero-order chi connectivity index (χ0) is 17.4. The molecule has 0 unspecified atom stereocenters. The quantitative estimate of drug-likeness (QED) is 0.756. The molecule has 0 aliphatic rings. The Bertz CT molecular complexity index is 654. The number of carbonyl (C=O) groups excluding carboxylic acids is 1. The third-order valence-corrected chi connectivity index (χ3v) is 3.13. The van der Waals surface area contributed by atoms with Gasteiger partial charge in [0.2, 0.25) is 0 Å². The van der Waals surface area contributed by atoms with Gasteiger partial charge in [-0.2, -0.15) is 0 Å². The molecule has 128 valence electrons. The number of carbonyl (C=O) groups is 1. The molecular formula is C19H24N2O3. The van der Waals surface area contributed by atoms with Crippen molar-refractivity contribution in [2.45, 2.75) is 26.9 Å². The molecule has 2 aromatic carbocycles. The SMILES string of the molecule is Cc1cccc(OCCNC(=O)Nc2ccc(OC(C)C)cc2)c1. The molecule has 0 aromatic heterocycles. The maximum atomic E-state index is 11.8. The van der Waals surface area contributed by atoms with Gasteiger partial charge in [0, 0.05) is 5.69 Å². The van der Waals surface area contributed by atoms with E-state index >= 15 is 0 Å². The number of anilines is 1. The van der Waals surface area contributed by atoms with E-state index in [4.69, 9.17) is 9.47 Å². The maximum absolute atomic E-state index is 11.8. The topological polar surface area (TPSA) is 59.6 Å². The summed E-state index contributed by atoms with van der Waals surface area (Å²) in [5.74, 6) is 1.58. The maximum Gasteiger partial charge on any atom is 0.319 e. The van der Waals surface area contributed by atoms with E-state index in [-0.39, 0.29) is 12.1 Å². The Morgan fingerprint density at radius 2 is 1.83 bits per heavy atom. The molecule has 2 N–H and O–H groups in total. The van der Waals surface area contributed by atoms with Gasteiger partial charge in [-0.15, -0.1) is 0 Å². The smallest absolute Gasteiger partial charge is 0.319 e. The number of urea groups is 1. The summed E-state index contributed by atoms with van der Waals surface area (Å²) in [6.45, 7) is 6.79. The predicted octanol–water partition coefficient (Wildman–Crippen LogP) is 3.98. The van der Waals surface area contributed by atoms with Crippen LogP contribution in [0.1, 0.15) is 19.4 Å². The summed E-state index contributed by atoms with van der Waals surface area (Å²) >= 11 is 0. The lowest BCUT2D eigenvalue weighted by molar-refractivity contribution is 0.242. The van der Waals surface area contributed by atoms with Gasteiger partial charge in [0.1, 0.15) is 18.1 Å².